The van der Waals surface area contributed by atoms with Gasteiger partial charge in [0.2, 0.25) is 0 Å². The predicted molar refractivity (Wildman–Crippen MR) is 45.0 cm³/mol. The molecule has 1 aromatic rings. The van der Waals surface area contributed by atoms with Gasteiger partial charge in [-0.1, -0.05) is 6.07 Å². The van der Waals surface area contributed by atoms with Crippen LogP contribution in [0.5, 0.6) is 0 Å². The largest absolute Gasteiger partial charge is 0.272 e. The third-order valence-electron chi connectivity index (χ3n) is 1.77. The van der Waals surface area contributed by atoms with Crippen LogP contribution in [0.25, 0.3) is 0 Å². The maximum Gasteiger partial charge on any atom is 0.252 e. The number of hydroxylamine groups is 2. The van der Waals surface area contributed by atoms with Crippen LogP contribution in [0, 0.1) is 6.42 Å². The molecule has 2 heterocycles. The van der Waals surface area contributed by atoms with Crippen LogP contribution < -0.4 is 0 Å². The van der Waals surface area contributed by atoms with E-state index in [0.29, 0.717) is 13.2 Å². The summed E-state index contributed by atoms with van der Waals surface area (Å²) < 4.78 is 0. The molecule has 1 aromatic heterocycles. The Morgan fingerprint density at radius 3 is 3.08 bits per heavy atom. The molecule has 1 saturated heterocycles. The van der Waals surface area contributed by atoms with Gasteiger partial charge in [0.15, 0.2) is 0 Å². The zero-order valence-electron chi connectivity index (χ0n) is 7.01. The lowest BCUT2D eigenvalue weighted by Crippen LogP contribution is -2.23. The number of nitrogens with zero attached hydrogens (tertiary/aromatic N) is 2. The molecule has 13 heavy (non-hydrogen) atoms. The van der Waals surface area contributed by atoms with Crippen molar-refractivity contribution in [2.24, 2.45) is 0 Å². The van der Waals surface area contributed by atoms with Crippen molar-refractivity contribution in [3.8, 4) is 0 Å². The van der Waals surface area contributed by atoms with Crippen molar-refractivity contribution >= 4 is 5.91 Å². The van der Waals surface area contributed by atoms with E-state index in [1.807, 2.05) is 18.2 Å². The standard InChI is InChI=1S/C9H9N2O2/c12-9-4-6-13-11(9)7-8-3-1-2-5-10-8/h1-5H,6-7H2. The normalized spacial score (nSPS) is 16.6. The summed E-state index contributed by atoms with van der Waals surface area (Å²) in [6.07, 6.45) is 3.20. The maximum atomic E-state index is 11.1. The summed E-state index contributed by atoms with van der Waals surface area (Å²) in [5, 5.41) is 1.31. The van der Waals surface area contributed by atoms with E-state index in [9.17, 15) is 4.79 Å². The van der Waals surface area contributed by atoms with Crippen LogP contribution >= 0.6 is 0 Å². The summed E-state index contributed by atoms with van der Waals surface area (Å²) in [5.41, 5.74) is 0.825. The van der Waals surface area contributed by atoms with Gasteiger partial charge in [-0.2, -0.15) is 0 Å². The number of hydrogen-bond donors (Lipinski definition) is 0. The van der Waals surface area contributed by atoms with E-state index in [1.54, 1.807) is 6.20 Å². The quantitative estimate of drug-likeness (QED) is 0.662. The Bertz CT molecular complexity index is 300. The first-order valence-electron chi connectivity index (χ1n) is 4.04. The van der Waals surface area contributed by atoms with Gasteiger partial charge in [-0.05, 0) is 12.1 Å². The highest BCUT2D eigenvalue weighted by atomic mass is 16.7. The van der Waals surface area contributed by atoms with E-state index in [-0.39, 0.29) is 5.91 Å². The van der Waals surface area contributed by atoms with Crippen LogP contribution in [0.1, 0.15) is 5.69 Å². The summed E-state index contributed by atoms with van der Waals surface area (Å²) >= 11 is 0. The Balaban J connectivity index is 2.02. The van der Waals surface area contributed by atoms with Crippen LogP contribution in [-0.4, -0.2) is 22.6 Å². The molecule has 0 saturated carbocycles. The SMILES string of the molecule is O=C1[CH]CON1Cc1ccccn1. The first-order valence-corrected chi connectivity index (χ1v) is 4.04. The van der Waals surface area contributed by atoms with E-state index < -0.39 is 0 Å². The molecule has 67 valence electrons. The van der Waals surface area contributed by atoms with Crippen LogP contribution in [0.2, 0.25) is 0 Å². The number of hydrogen-bond acceptors (Lipinski definition) is 3. The number of amides is 1. The molecular weight excluding hydrogens is 168 g/mol. The van der Waals surface area contributed by atoms with Gasteiger partial charge in [-0.25, -0.2) is 5.06 Å². The first-order chi connectivity index (χ1) is 6.36. The Morgan fingerprint density at radius 2 is 2.46 bits per heavy atom. The van der Waals surface area contributed by atoms with Gasteiger partial charge in [-0.15, -0.1) is 0 Å². The average molecular weight is 177 g/mol. The summed E-state index contributed by atoms with van der Waals surface area (Å²) in [5.74, 6) is -0.0920. The molecule has 1 radical (unpaired) electrons. The molecule has 0 atom stereocenters. The van der Waals surface area contributed by atoms with Gasteiger partial charge < -0.3 is 0 Å². The fourth-order valence-corrected chi connectivity index (χ4v) is 1.13. The van der Waals surface area contributed by atoms with Crippen molar-refractivity contribution in [2.75, 3.05) is 6.61 Å². The molecule has 1 fully saturated rings. The fourth-order valence-electron chi connectivity index (χ4n) is 1.13. The Kier molecular flexibility index (Phi) is 2.23. The molecule has 1 aliphatic heterocycles. The van der Waals surface area contributed by atoms with E-state index in [2.05, 4.69) is 4.98 Å². The van der Waals surface area contributed by atoms with Gasteiger partial charge in [0, 0.05) is 6.20 Å². The second kappa shape index (κ2) is 3.53. The van der Waals surface area contributed by atoms with Gasteiger partial charge in [0.25, 0.3) is 5.91 Å². The van der Waals surface area contributed by atoms with Crippen LogP contribution in [-0.2, 0) is 16.2 Å². The second-order valence-corrected chi connectivity index (χ2v) is 2.70. The molecule has 0 bridgehead atoms. The van der Waals surface area contributed by atoms with Crippen molar-refractivity contribution in [2.45, 2.75) is 6.54 Å². The summed E-state index contributed by atoms with van der Waals surface area (Å²) in [6.45, 7) is 0.780. The minimum atomic E-state index is -0.0920. The molecule has 1 aliphatic rings. The van der Waals surface area contributed by atoms with Crippen molar-refractivity contribution in [3.63, 3.8) is 0 Å². The lowest BCUT2D eigenvalue weighted by molar-refractivity contribution is -0.164. The van der Waals surface area contributed by atoms with Gasteiger partial charge in [0.1, 0.15) is 0 Å². The lowest BCUT2D eigenvalue weighted by atomic mass is 10.3. The first kappa shape index (κ1) is 8.19. The summed E-state index contributed by atoms with van der Waals surface area (Å²) in [4.78, 5) is 20.2. The molecule has 4 nitrogen and oxygen atoms in total. The maximum absolute atomic E-state index is 11.1. The molecule has 0 unspecified atom stereocenters. The van der Waals surface area contributed by atoms with E-state index in [1.165, 1.54) is 11.5 Å². The van der Waals surface area contributed by atoms with Gasteiger partial charge in [0.05, 0.1) is 25.3 Å². The third kappa shape index (κ3) is 1.84. The van der Waals surface area contributed by atoms with Crippen molar-refractivity contribution in [1.82, 2.24) is 10.0 Å². The van der Waals surface area contributed by atoms with Crippen molar-refractivity contribution < 1.29 is 9.63 Å². The van der Waals surface area contributed by atoms with Crippen molar-refractivity contribution in [1.29, 1.82) is 0 Å². The predicted octanol–water partition coefficient (Wildman–Crippen LogP) is 0.560. The molecule has 0 aliphatic carbocycles. The highest BCUT2D eigenvalue weighted by Gasteiger charge is 2.22. The minimum Gasteiger partial charge on any atom is -0.272 e. The highest BCUT2D eigenvalue weighted by Crippen LogP contribution is 2.09. The molecule has 0 spiro atoms. The lowest BCUT2D eigenvalue weighted by Gasteiger charge is -2.12. The van der Waals surface area contributed by atoms with Crippen LogP contribution in [0.15, 0.2) is 24.4 Å². The molecule has 4 heteroatoms. The molecule has 0 aromatic carbocycles. The summed E-state index contributed by atoms with van der Waals surface area (Å²) in [6, 6.07) is 5.57. The molecular formula is C9H9N2O2. The van der Waals surface area contributed by atoms with Gasteiger partial charge in [-0.3, -0.25) is 14.6 Å². The average Bonchev–Trinajstić information content (AvgIpc) is 2.54. The Labute approximate surface area is 76.1 Å². The number of pyridine rings is 1. The highest BCUT2D eigenvalue weighted by molar-refractivity contribution is 5.85. The topological polar surface area (TPSA) is 42.4 Å². The second-order valence-electron chi connectivity index (χ2n) is 2.70. The number of carbonyl (C=O) groups is 1. The molecule has 0 N–H and O–H groups in total. The Morgan fingerprint density at radius 1 is 1.54 bits per heavy atom. The molecule has 1 amide bonds. The molecule has 2 rings (SSSR count). The zero-order valence-corrected chi connectivity index (χ0v) is 7.01. The Hall–Kier alpha value is -1.42. The van der Waals surface area contributed by atoms with E-state index >= 15 is 0 Å². The monoisotopic (exact) mass is 177 g/mol. The fraction of sp³-hybridized carbons (Fsp3) is 0.222. The van der Waals surface area contributed by atoms with E-state index in [4.69, 9.17) is 4.84 Å². The zero-order chi connectivity index (χ0) is 9.10. The van der Waals surface area contributed by atoms with Crippen LogP contribution in [0.4, 0.5) is 0 Å². The van der Waals surface area contributed by atoms with E-state index in [0.717, 1.165) is 5.69 Å². The van der Waals surface area contributed by atoms with Crippen molar-refractivity contribution in [3.05, 3.63) is 36.5 Å². The number of rotatable bonds is 2. The third-order valence-corrected chi connectivity index (χ3v) is 1.77. The smallest absolute Gasteiger partial charge is 0.252 e. The number of carbonyl (C=O) groups excluding carboxylic acids is 1. The minimum absolute atomic E-state index is 0.0920. The number of aromatic nitrogens is 1. The van der Waals surface area contributed by atoms with Gasteiger partial charge >= 0.3 is 0 Å². The summed E-state index contributed by atoms with van der Waals surface area (Å²) in [7, 11) is 0. The van der Waals surface area contributed by atoms with Crippen LogP contribution in [0.3, 0.4) is 0 Å².